The average Bonchev–Trinajstić information content (AvgIpc) is 2.50. The predicted molar refractivity (Wildman–Crippen MR) is 90.2 cm³/mol. The standard InChI is InChI=1S/C18H30O5/c1-7-12(4)15-10-16(22-13(5)20-8-2)18(19)17(11-15)23-14(6)21-9-3/h10-14,19H,7-9H2,1-6H3. The Morgan fingerprint density at radius 1 is 0.870 bits per heavy atom. The van der Waals surface area contributed by atoms with Crippen LogP contribution in [0.5, 0.6) is 17.2 Å². The van der Waals surface area contributed by atoms with Crippen molar-refractivity contribution in [3.05, 3.63) is 17.7 Å². The predicted octanol–water partition coefficient (Wildman–Crippen LogP) is 4.43. The second kappa shape index (κ2) is 9.63. The summed E-state index contributed by atoms with van der Waals surface area (Å²) in [5.74, 6) is 1.02. The zero-order valence-electron chi connectivity index (χ0n) is 15.1. The van der Waals surface area contributed by atoms with E-state index in [0.717, 1.165) is 12.0 Å². The molecule has 0 aliphatic carbocycles. The van der Waals surface area contributed by atoms with Gasteiger partial charge in [0.2, 0.25) is 5.75 Å². The van der Waals surface area contributed by atoms with Gasteiger partial charge in [0.15, 0.2) is 24.1 Å². The summed E-state index contributed by atoms with van der Waals surface area (Å²) in [6, 6.07) is 3.69. The third kappa shape index (κ3) is 5.92. The largest absolute Gasteiger partial charge is 0.502 e. The van der Waals surface area contributed by atoms with E-state index < -0.39 is 12.6 Å². The first kappa shape index (κ1) is 19.6. The van der Waals surface area contributed by atoms with Gasteiger partial charge in [0.25, 0.3) is 0 Å². The van der Waals surface area contributed by atoms with Crippen molar-refractivity contribution in [3.8, 4) is 17.2 Å². The van der Waals surface area contributed by atoms with Gasteiger partial charge in [-0.1, -0.05) is 13.8 Å². The topological polar surface area (TPSA) is 57.2 Å². The molecule has 0 amide bonds. The fraction of sp³-hybridized carbons (Fsp3) is 0.667. The van der Waals surface area contributed by atoms with Crippen LogP contribution in [0, 0.1) is 0 Å². The summed E-state index contributed by atoms with van der Waals surface area (Å²) < 4.78 is 22.2. The molecule has 0 spiro atoms. The Balaban J connectivity index is 3.11. The first-order valence-electron chi connectivity index (χ1n) is 8.36. The number of hydrogen-bond acceptors (Lipinski definition) is 5. The highest BCUT2D eigenvalue weighted by atomic mass is 16.7. The molecule has 3 atom stereocenters. The molecule has 0 bridgehead atoms. The summed E-state index contributed by atoms with van der Waals surface area (Å²) in [6.45, 7) is 12.7. The van der Waals surface area contributed by atoms with Gasteiger partial charge in [-0.3, -0.25) is 0 Å². The Morgan fingerprint density at radius 3 is 1.65 bits per heavy atom. The van der Waals surface area contributed by atoms with Crippen LogP contribution in [0.15, 0.2) is 12.1 Å². The number of ether oxygens (including phenoxy) is 4. The lowest BCUT2D eigenvalue weighted by atomic mass is 9.98. The van der Waals surface area contributed by atoms with Crippen LogP contribution in [0.4, 0.5) is 0 Å². The van der Waals surface area contributed by atoms with Crippen molar-refractivity contribution < 1.29 is 24.1 Å². The van der Waals surface area contributed by atoms with E-state index in [4.69, 9.17) is 18.9 Å². The van der Waals surface area contributed by atoms with E-state index in [1.165, 1.54) is 0 Å². The van der Waals surface area contributed by atoms with Gasteiger partial charge < -0.3 is 24.1 Å². The van der Waals surface area contributed by atoms with E-state index in [0.29, 0.717) is 30.6 Å². The van der Waals surface area contributed by atoms with Crippen molar-refractivity contribution in [2.45, 2.75) is 66.5 Å². The summed E-state index contributed by atoms with van der Waals surface area (Å²) in [5.41, 5.74) is 1.04. The lowest BCUT2D eigenvalue weighted by Gasteiger charge is -2.21. The number of phenols is 1. The molecular formula is C18H30O5. The third-order valence-corrected chi connectivity index (χ3v) is 3.63. The van der Waals surface area contributed by atoms with E-state index >= 15 is 0 Å². The number of benzene rings is 1. The van der Waals surface area contributed by atoms with Crippen molar-refractivity contribution in [1.82, 2.24) is 0 Å². The lowest BCUT2D eigenvalue weighted by molar-refractivity contribution is -0.0671. The van der Waals surface area contributed by atoms with Crippen LogP contribution in [-0.2, 0) is 9.47 Å². The van der Waals surface area contributed by atoms with Gasteiger partial charge in [-0.15, -0.1) is 0 Å². The van der Waals surface area contributed by atoms with Crippen molar-refractivity contribution in [3.63, 3.8) is 0 Å². The molecule has 5 heteroatoms. The van der Waals surface area contributed by atoms with Crippen LogP contribution in [0.1, 0.15) is 59.4 Å². The van der Waals surface area contributed by atoms with E-state index in [1.807, 2.05) is 26.0 Å². The molecule has 0 saturated heterocycles. The highest BCUT2D eigenvalue weighted by Gasteiger charge is 2.19. The molecule has 0 aliphatic rings. The maximum atomic E-state index is 10.4. The zero-order valence-corrected chi connectivity index (χ0v) is 15.1. The molecule has 0 heterocycles. The Kier molecular flexibility index (Phi) is 8.20. The van der Waals surface area contributed by atoms with Crippen LogP contribution in [0.3, 0.4) is 0 Å². The maximum Gasteiger partial charge on any atom is 0.201 e. The smallest absolute Gasteiger partial charge is 0.201 e. The molecule has 0 aliphatic heterocycles. The summed E-state index contributed by atoms with van der Waals surface area (Å²) in [4.78, 5) is 0. The molecule has 1 rings (SSSR count). The zero-order chi connectivity index (χ0) is 17.4. The Hall–Kier alpha value is -1.46. The summed E-state index contributed by atoms with van der Waals surface area (Å²) >= 11 is 0. The fourth-order valence-electron chi connectivity index (χ4n) is 2.20. The highest BCUT2D eigenvalue weighted by Crippen LogP contribution is 2.41. The molecule has 132 valence electrons. The molecule has 1 aromatic carbocycles. The first-order chi connectivity index (χ1) is 10.9. The van der Waals surface area contributed by atoms with Crippen molar-refractivity contribution in [2.75, 3.05) is 13.2 Å². The molecule has 3 unspecified atom stereocenters. The third-order valence-electron chi connectivity index (χ3n) is 3.63. The van der Waals surface area contributed by atoms with Gasteiger partial charge in [0, 0.05) is 13.2 Å². The van der Waals surface area contributed by atoms with Crippen LogP contribution < -0.4 is 9.47 Å². The van der Waals surface area contributed by atoms with Gasteiger partial charge in [-0.05, 0) is 57.7 Å². The van der Waals surface area contributed by atoms with Gasteiger partial charge in [-0.25, -0.2) is 0 Å². The summed E-state index contributed by atoms with van der Waals surface area (Å²) in [7, 11) is 0. The van der Waals surface area contributed by atoms with Crippen LogP contribution in [0.2, 0.25) is 0 Å². The lowest BCUT2D eigenvalue weighted by Crippen LogP contribution is -2.18. The highest BCUT2D eigenvalue weighted by molar-refractivity contribution is 5.53. The number of hydrogen-bond donors (Lipinski definition) is 1. The van der Waals surface area contributed by atoms with Gasteiger partial charge >= 0.3 is 0 Å². The average molecular weight is 326 g/mol. The monoisotopic (exact) mass is 326 g/mol. The van der Waals surface area contributed by atoms with Gasteiger partial charge in [0.1, 0.15) is 0 Å². The number of phenolic OH excluding ortho intramolecular Hbond substituents is 1. The maximum absolute atomic E-state index is 10.4. The second-order valence-corrected chi connectivity index (χ2v) is 5.46. The van der Waals surface area contributed by atoms with Crippen molar-refractivity contribution >= 4 is 0 Å². The van der Waals surface area contributed by atoms with E-state index in [2.05, 4.69) is 13.8 Å². The molecular weight excluding hydrogens is 296 g/mol. The van der Waals surface area contributed by atoms with E-state index in [1.54, 1.807) is 13.8 Å². The molecule has 5 nitrogen and oxygen atoms in total. The van der Waals surface area contributed by atoms with Gasteiger partial charge in [0.05, 0.1) is 0 Å². The normalized spacial score (nSPS) is 15.0. The number of aromatic hydroxyl groups is 1. The van der Waals surface area contributed by atoms with Crippen LogP contribution in [-0.4, -0.2) is 30.9 Å². The van der Waals surface area contributed by atoms with Crippen molar-refractivity contribution in [1.29, 1.82) is 0 Å². The molecule has 0 aromatic heterocycles. The quantitative estimate of drug-likeness (QED) is 0.645. The minimum Gasteiger partial charge on any atom is -0.502 e. The van der Waals surface area contributed by atoms with Crippen LogP contribution in [0.25, 0.3) is 0 Å². The Bertz CT molecular complexity index is 439. The van der Waals surface area contributed by atoms with E-state index in [-0.39, 0.29) is 5.75 Å². The summed E-state index contributed by atoms with van der Waals surface area (Å²) in [6.07, 6.45) is 0.0802. The van der Waals surface area contributed by atoms with Gasteiger partial charge in [-0.2, -0.15) is 0 Å². The number of rotatable bonds is 10. The summed E-state index contributed by atoms with van der Waals surface area (Å²) in [5, 5.41) is 10.4. The van der Waals surface area contributed by atoms with Crippen LogP contribution >= 0.6 is 0 Å². The molecule has 0 radical (unpaired) electrons. The molecule has 1 N–H and O–H groups in total. The minimum absolute atomic E-state index is 0.0323. The Labute approximate surface area is 139 Å². The fourth-order valence-corrected chi connectivity index (χ4v) is 2.20. The molecule has 0 saturated carbocycles. The Morgan fingerprint density at radius 2 is 1.30 bits per heavy atom. The minimum atomic E-state index is -0.449. The molecule has 0 fully saturated rings. The van der Waals surface area contributed by atoms with Crippen molar-refractivity contribution in [2.24, 2.45) is 0 Å². The first-order valence-corrected chi connectivity index (χ1v) is 8.36. The SMILES string of the molecule is CCOC(C)Oc1cc(C(C)CC)cc(OC(C)OCC)c1O. The second-order valence-electron chi connectivity index (χ2n) is 5.46. The molecule has 1 aromatic rings. The molecule has 23 heavy (non-hydrogen) atoms. The van der Waals surface area contributed by atoms with E-state index in [9.17, 15) is 5.11 Å².